The predicted octanol–water partition coefficient (Wildman–Crippen LogP) is 15.3. The number of allylic oxidation sites excluding steroid dienone is 1. The molecule has 3 aliphatic carbocycles. The highest BCUT2D eigenvalue weighted by Gasteiger charge is 2.64. The van der Waals surface area contributed by atoms with Gasteiger partial charge in [0, 0.05) is 50.4 Å². The fourth-order valence-corrected chi connectivity index (χ4v) is 16.2. The maximum atomic E-state index is 3.00. The van der Waals surface area contributed by atoms with Crippen molar-refractivity contribution >= 4 is 57.2 Å². The fraction of sp³-hybridized carbons (Fsp3) is 0.492. The molecule has 0 spiro atoms. The lowest BCUT2D eigenvalue weighted by Gasteiger charge is -2.54. The number of benzene rings is 5. The summed E-state index contributed by atoms with van der Waals surface area (Å²) in [7, 11) is 0. The van der Waals surface area contributed by atoms with Crippen molar-refractivity contribution in [3.8, 4) is 0 Å². The first-order valence-electron chi connectivity index (χ1n) is 26.2. The number of anilines is 6. The van der Waals surface area contributed by atoms with Gasteiger partial charge >= 0.3 is 0 Å². The Bertz CT molecular complexity index is 3040. The van der Waals surface area contributed by atoms with Crippen LogP contribution in [0.4, 0.5) is 34.1 Å². The molecule has 4 aliphatic heterocycles. The summed E-state index contributed by atoms with van der Waals surface area (Å²) in [6.45, 7) is 39.7. The summed E-state index contributed by atoms with van der Waals surface area (Å²) >= 11 is 0. The topological polar surface area (TPSA) is 9.72 Å². The largest absolute Gasteiger partial charge is 0.335 e. The van der Waals surface area contributed by atoms with Gasteiger partial charge in [0.1, 0.15) is 0 Å². The number of hydrogen-bond donors (Lipinski definition) is 0. The third-order valence-electron chi connectivity index (χ3n) is 20.0. The summed E-state index contributed by atoms with van der Waals surface area (Å²) in [6.07, 6.45) is 9.90. The van der Waals surface area contributed by atoms with Gasteiger partial charge in [0.2, 0.25) is 0 Å². The van der Waals surface area contributed by atoms with Gasteiger partial charge in [-0.15, -0.1) is 0 Å². The van der Waals surface area contributed by atoms with Crippen molar-refractivity contribution in [2.45, 2.75) is 200 Å². The standard InChI is InChI=1S/C63H76BN3/c1-37-31-38(2)51-55-50(37)61(14)28-20-22-30-63(61,16)67(55)49-36-43(66-47-26-25-41(57(5,6)7)34-46(47)60(13)27-19-21-29-62(60,66)15)35-48-53(49)64(51)52-44-23-17-18-24-45(44)59(11,12)56(52)65(48)54-39(3)32-42(33-40(54)4)58(8,9)10/h17-18,23-26,31-36H,19-22,27-30H2,1-16H3. The number of aryl methyl sites for hydroxylation is 4. The van der Waals surface area contributed by atoms with Crippen molar-refractivity contribution in [1.82, 2.24) is 0 Å². The van der Waals surface area contributed by atoms with Gasteiger partial charge in [0.25, 0.3) is 6.71 Å². The second-order valence-electron chi connectivity index (χ2n) is 26.2. The molecule has 5 aromatic rings. The summed E-state index contributed by atoms with van der Waals surface area (Å²) < 4.78 is 0. The van der Waals surface area contributed by atoms with Gasteiger partial charge in [-0.05, 0) is 163 Å². The molecule has 0 amide bonds. The van der Waals surface area contributed by atoms with Crippen LogP contribution in [0.25, 0.3) is 5.47 Å². The van der Waals surface area contributed by atoms with Crippen molar-refractivity contribution in [3.05, 3.63) is 134 Å². The first kappa shape index (κ1) is 43.6. The lowest BCUT2D eigenvalue weighted by Crippen LogP contribution is -2.62. The molecule has 67 heavy (non-hydrogen) atoms. The molecule has 346 valence electrons. The molecule has 4 atom stereocenters. The molecule has 0 radical (unpaired) electrons. The predicted molar refractivity (Wildman–Crippen MR) is 288 cm³/mol. The Balaban J connectivity index is 1.25. The van der Waals surface area contributed by atoms with Crippen molar-refractivity contribution < 1.29 is 0 Å². The highest BCUT2D eigenvalue weighted by Crippen LogP contribution is 2.67. The van der Waals surface area contributed by atoms with Crippen LogP contribution in [-0.4, -0.2) is 17.8 Å². The van der Waals surface area contributed by atoms with Crippen LogP contribution in [0.15, 0.2) is 78.5 Å². The monoisotopic (exact) mass is 886 g/mol. The van der Waals surface area contributed by atoms with Crippen LogP contribution in [0.1, 0.15) is 190 Å². The molecule has 2 fully saturated rings. The normalized spacial score (nSPS) is 27.4. The molecule has 5 aromatic carbocycles. The number of hydrogen-bond acceptors (Lipinski definition) is 3. The van der Waals surface area contributed by atoms with Crippen molar-refractivity contribution in [1.29, 1.82) is 0 Å². The average Bonchev–Trinajstić information content (AvgIpc) is 3.72. The van der Waals surface area contributed by atoms with Gasteiger partial charge in [-0.25, -0.2) is 0 Å². The second kappa shape index (κ2) is 13.3. The highest BCUT2D eigenvalue weighted by molar-refractivity contribution is 7.04. The zero-order valence-corrected chi connectivity index (χ0v) is 44.0. The van der Waals surface area contributed by atoms with E-state index in [1.165, 1.54) is 141 Å². The third-order valence-corrected chi connectivity index (χ3v) is 20.0. The van der Waals surface area contributed by atoms with Crippen LogP contribution in [-0.2, 0) is 27.1 Å². The number of rotatable bonds is 2. The van der Waals surface area contributed by atoms with Gasteiger partial charge in [0.15, 0.2) is 0 Å². The third kappa shape index (κ3) is 5.22. The Hall–Kier alpha value is -4.70. The van der Waals surface area contributed by atoms with Gasteiger partial charge in [-0.1, -0.05) is 155 Å². The van der Waals surface area contributed by atoms with E-state index >= 15 is 0 Å². The van der Waals surface area contributed by atoms with Crippen LogP contribution in [0.5, 0.6) is 0 Å². The van der Waals surface area contributed by atoms with E-state index in [-0.39, 0.29) is 44.9 Å². The summed E-state index contributed by atoms with van der Waals surface area (Å²) in [6, 6.07) is 30.2. The fourth-order valence-electron chi connectivity index (χ4n) is 16.2. The van der Waals surface area contributed by atoms with E-state index in [9.17, 15) is 0 Å². The molecule has 3 nitrogen and oxygen atoms in total. The smallest absolute Gasteiger partial charge is 0.252 e. The minimum Gasteiger partial charge on any atom is -0.335 e. The van der Waals surface area contributed by atoms with E-state index in [1.807, 2.05) is 0 Å². The zero-order valence-electron chi connectivity index (χ0n) is 44.0. The maximum absolute atomic E-state index is 3.00. The molecule has 7 aliphatic rings. The number of nitrogens with zero attached hydrogens (tertiary/aromatic N) is 3. The van der Waals surface area contributed by atoms with Gasteiger partial charge in [0.05, 0.1) is 16.8 Å². The van der Waals surface area contributed by atoms with Crippen molar-refractivity contribution in [2.24, 2.45) is 0 Å². The van der Waals surface area contributed by atoms with E-state index < -0.39 is 0 Å². The lowest BCUT2D eigenvalue weighted by atomic mass is 9.31. The van der Waals surface area contributed by atoms with Gasteiger partial charge in [-0.2, -0.15) is 0 Å². The molecule has 4 unspecified atom stereocenters. The minimum atomic E-state index is -0.246. The van der Waals surface area contributed by atoms with E-state index in [0.29, 0.717) is 0 Å². The van der Waals surface area contributed by atoms with Crippen LogP contribution >= 0.6 is 0 Å². The van der Waals surface area contributed by atoms with E-state index in [2.05, 4.69) is 198 Å². The van der Waals surface area contributed by atoms with Gasteiger partial charge in [-0.3, -0.25) is 0 Å². The molecule has 2 saturated carbocycles. The van der Waals surface area contributed by atoms with E-state index in [0.717, 1.165) is 0 Å². The highest BCUT2D eigenvalue weighted by atomic mass is 15.3. The Morgan fingerprint density at radius 2 is 1.10 bits per heavy atom. The Morgan fingerprint density at radius 3 is 1.76 bits per heavy atom. The summed E-state index contributed by atoms with van der Waals surface area (Å²) in [5.74, 6) is 0. The SMILES string of the molecule is Cc1cc(C)c2c3c1B1C4=C(N(c5c(C)cc(C(C)(C)C)cc5C)c5cc(N6c7ccc(C(C)(C)C)cc7C7(C)CCCCC67C)cc(c51)N3C1(C)CCCCC21C)C(C)(C)c1ccccc14. The Kier molecular flexibility index (Phi) is 8.67. The first-order chi connectivity index (χ1) is 31.4. The summed E-state index contributed by atoms with van der Waals surface area (Å²) in [4.78, 5) is 8.74. The summed E-state index contributed by atoms with van der Waals surface area (Å²) in [5.41, 5.74) is 28.9. The molecule has 0 aromatic heterocycles. The van der Waals surface area contributed by atoms with Crippen LogP contribution in [0, 0.1) is 27.7 Å². The molecular weight excluding hydrogens is 810 g/mol. The van der Waals surface area contributed by atoms with Crippen LogP contribution < -0.4 is 25.6 Å². The lowest BCUT2D eigenvalue weighted by molar-refractivity contribution is 0.193. The molecule has 0 saturated heterocycles. The van der Waals surface area contributed by atoms with Crippen LogP contribution in [0.2, 0.25) is 0 Å². The van der Waals surface area contributed by atoms with Crippen molar-refractivity contribution in [3.63, 3.8) is 0 Å². The molecular formula is C63H76BN3. The zero-order chi connectivity index (χ0) is 47.5. The molecule has 12 rings (SSSR count). The van der Waals surface area contributed by atoms with Crippen molar-refractivity contribution in [2.75, 3.05) is 14.7 Å². The van der Waals surface area contributed by atoms with E-state index in [1.54, 1.807) is 22.3 Å². The molecule has 4 heterocycles. The first-order valence-corrected chi connectivity index (χ1v) is 26.2. The number of fused-ring (bicyclic) bond motifs is 11. The Morgan fingerprint density at radius 1 is 0.507 bits per heavy atom. The average molecular weight is 886 g/mol. The van der Waals surface area contributed by atoms with Crippen LogP contribution in [0.3, 0.4) is 0 Å². The quantitative estimate of drug-likeness (QED) is 0.164. The van der Waals surface area contributed by atoms with Gasteiger partial charge < -0.3 is 14.7 Å². The molecule has 0 N–H and O–H groups in total. The maximum Gasteiger partial charge on any atom is 0.252 e. The minimum absolute atomic E-state index is 0.0213. The van der Waals surface area contributed by atoms with E-state index in [4.69, 9.17) is 0 Å². The molecule has 0 bridgehead atoms. The summed E-state index contributed by atoms with van der Waals surface area (Å²) in [5, 5.41) is 0. The second-order valence-corrected chi connectivity index (χ2v) is 26.2. The Labute approximate surface area is 404 Å². The molecule has 4 heteroatoms.